The van der Waals surface area contributed by atoms with Crippen molar-refractivity contribution in [1.82, 2.24) is 4.90 Å². The van der Waals surface area contributed by atoms with E-state index in [1.807, 2.05) is 29.2 Å². The number of morpholine rings is 1. The molecule has 4 nitrogen and oxygen atoms in total. The minimum atomic E-state index is -0.0249. The van der Waals surface area contributed by atoms with E-state index in [1.54, 1.807) is 0 Å². The molecule has 2 aliphatic heterocycles. The summed E-state index contributed by atoms with van der Waals surface area (Å²) < 4.78 is 12.2. The van der Waals surface area contributed by atoms with Gasteiger partial charge in [0.1, 0.15) is 6.10 Å². The van der Waals surface area contributed by atoms with Crippen molar-refractivity contribution in [2.24, 2.45) is 5.92 Å². The second-order valence-corrected chi connectivity index (χ2v) is 6.17. The number of hydrogen-bond acceptors (Lipinski definition) is 3. The molecule has 2 fully saturated rings. The van der Waals surface area contributed by atoms with E-state index in [0.29, 0.717) is 32.9 Å². The molecule has 0 aliphatic carbocycles. The number of halogens is 1. The Morgan fingerprint density at radius 3 is 2.75 bits per heavy atom. The number of amides is 1. The number of carbonyl (C=O) groups is 1. The average Bonchev–Trinajstić information content (AvgIpc) is 3.01. The Labute approximate surface area is 127 Å². The topological polar surface area (TPSA) is 38.8 Å². The first-order valence-electron chi connectivity index (χ1n) is 6.97. The van der Waals surface area contributed by atoms with Crippen LogP contribution in [0.4, 0.5) is 0 Å². The molecular weight excluding hydrogens is 322 g/mol. The highest BCUT2D eigenvalue weighted by Crippen LogP contribution is 2.25. The van der Waals surface area contributed by atoms with E-state index in [9.17, 15) is 4.79 Å². The summed E-state index contributed by atoms with van der Waals surface area (Å²) in [7, 11) is 0. The minimum absolute atomic E-state index is 0.0249. The lowest BCUT2D eigenvalue weighted by Crippen LogP contribution is -2.45. The smallest absolute Gasteiger partial charge is 0.228 e. The summed E-state index contributed by atoms with van der Waals surface area (Å²) in [6.07, 6.45) is 0.821. The second-order valence-electron chi connectivity index (χ2n) is 5.26. The molecule has 2 heterocycles. The number of ether oxygens (including phenoxy) is 2. The Kier molecular flexibility index (Phi) is 4.38. The van der Waals surface area contributed by atoms with Crippen LogP contribution in [-0.2, 0) is 14.3 Å². The maximum Gasteiger partial charge on any atom is 0.228 e. The van der Waals surface area contributed by atoms with Gasteiger partial charge in [0.05, 0.1) is 25.7 Å². The molecule has 20 heavy (non-hydrogen) atoms. The van der Waals surface area contributed by atoms with Crippen LogP contribution in [-0.4, -0.2) is 43.7 Å². The maximum atomic E-state index is 12.4. The number of carbonyl (C=O) groups excluding carboxylic acids is 1. The lowest BCUT2D eigenvalue weighted by Gasteiger charge is -2.34. The molecule has 0 N–H and O–H groups in total. The number of rotatable bonds is 2. The molecule has 0 radical (unpaired) electrons. The van der Waals surface area contributed by atoms with Crippen LogP contribution in [0.3, 0.4) is 0 Å². The van der Waals surface area contributed by atoms with E-state index in [1.165, 1.54) is 0 Å². The van der Waals surface area contributed by atoms with Gasteiger partial charge in [-0.2, -0.15) is 0 Å². The van der Waals surface area contributed by atoms with Gasteiger partial charge in [0.25, 0.3) is 0 Å². The van der Waals surface area contributed by atoms with Crippen molar-refractivity contribution in [3.8, 4) is 0 Å². The monoisotopic (exact) mass is 339 g/mol. The summed E-state index contributed by atoms with van der Waals surface area (Å²) in [5.74, 6) is 0.256. The second kappa shape index (κ2) is 6.24. The van der Waals surface area contributed by atoms with E-state index in [4.69, 9.17) is 9.47 Å². The van der Waals surface area contributed by atoms with E-state index >= 15 is 0 Å². The largest absolute Gasteiger partial charge is 0.381 e. The zero-order chi connectivity index (χ0) is 13.9. The standard InChI is InChI=1S/C15H18BrNO3/c16-13-3-1-11(2-4-13)14-9-17(6-8-20-14)15(18)12-5-7-19-10-12/h1-4,12,14H,5-10H2/t12-,14-/m0/s1. The molecule has 1 aromatic carbocycles. The van der Waals surface area contributed by atoms with Crippen molar-refractivity contribution >= 4 is 21.8 Å². The highest BCUT2D eigenvalue weighted by Gasteiger charge is 2.31. The lowest BCUT2D eigenvalue weighted by atomic mass is 10.0. The lowest BCUT2D eigenvalue weighted by molar-refractivity contribution is -0.143. The van der Waals surface area contributed by atoms with Crippen molar-refractivity contribution < 1.29 is 14.3 Å². The van der Waals surface area contributed by atoms with Gasteiger partial charge in [-0.3, -0.25) is 4.79 Å². The van der Waals surface area contributed by atoms with Gasteiger partial charge in [-0.25, -0.2) is 0 Å². The van der Waals surface area contributed by atoms with Gasteiger partial charge in [0.2, 0.25) is 5.91 Å². The molecule has 2 atom stereocenters. The van der Waals surface area contributed by atoms with Crippen molar-refractivity contribution in [1.29, 1.82) is 0 Å². The van der Waals surface area contributed by atoms with Crippen LogP contribution in [0.5, 0.6) is 0 Å². The quantitative estimate of drug-likeness (QED) is 0.830. The normalized spacial score (nSPS) is 26.8. The SMILES string of the molecule is O=C([C@H]1CCOC1)N1CCO[C@H](c2ccc(Br)cc2)C1. The van der Waals surface area contributed by atoms with Gasteiger partial charge < -0.3 is 14.4 Å². The first-order chi connectivity index (χ1) is 9.74. The van der Waals surface area contributed by atoms with Gasteiger partial charge in [0, 0.05) is 17.6 Å². The third-order valence-electron chi connectivity index (χ3n) is 3.90. The summed E-state index contributed by atoms with van der Waals surface area (Å²) in [5, 5.41) is 0. The van der Waals surface area contributed by atoms with E-state index < -0.39 is 0 Å². The fourth-order valence-corrected chi connectivity index (χ4v) is 2.98. The van der Waals surface area contributed by atoms with Crippen LogP contribution in [0, 0.1) is 5.92 Å². The van der Waals surface area contributed by atoms with Gasteiger partial charge in [-0.15, -0.1) is 0 Å². The molecule has 108 valence electrons. The van der Waals surface area contributed by atoms with Gasteiger partial charge in [-0.1, -0.05) is 28.1 Å². The predicted octanol–water partition coefficient (Wildman–Crippen LogP) is 2.39. The minimum Gasteiger partial charge on any atom is -0.381 e. The Balaban J connectivity index is 1.66. The number of nitrogens with zero attached hydrogens (tertiary/aromatic N) is 1. The van der Waals surface area contributed by atoms with Gasteiger partial charge >= 0.3 is 0 Å². The summed E-state index contributed by atoms with van der Waals surface area (Å²) in [6, 6.07) is 8.09. The summed E-state index contributed by atoms with van der Waals surface area (Å²) in [5.41, 5.74) is 1.12. The Morgan fingerprint density at radius 2 is 2.05 bits per heavy atom. The zero-order valence-corrected chi connectivity index (χ0v) is 12.8. The number of hydrogen-bond donors (Lipinski definition) is 0. The van der Waals surface area contributed by atoms with Crippen LogP contribution < -0.4 is 0 Å². The molecule has 0 unspecified atom stereocenters. The summed E-state index contributed by atoms with van der Waals surface area (Å²) in [4.78, 5) is 14.3. The molecule has 2 aliphatic rings. The average molecular weight is 340 g/mol. The van der Waals surface area contributed by atoms with Crippen LogP contribution in [0.1, 0.15) is 18.1 Å². The van der Waals surface area contributed by atoms with Crippen molar-refractivity contribution in [3.63, 3.8) is 0 Å². The molecule has 1 amide bonds. The molecule has 5 heteroatoms. The predicted molar refractivity (Wildman–Crippen MR) is 78.3 cm³/mol. The highest BCUT2D eigenvalue weighted by atomic mass is 79.9. The Hall–Kier alpha value is -0.910. The molecule has 0 saturated carbocycles. The van der Waals surface area contributed by atoms with Crippen LogP contribution in [0.25, 0.3) is 0 Å². The summed E-state index contributed by atoms with van der Waals surface area (Å²) in [6.45, 7) is 3.19. The van der Waals surface area contributed by atoms with E-state index in [0.717, 1.165) is 16.5 Å². The fraction of sp³-hybridized carbons (Fsp3) is 0.533. The Bertz CT molecular complexity index is 471. The van der Waals surface area contributed by atoms with E-state index in [-0.39, 0.29) is 17.9 Å². The van der Waals surface area contributed by atoms with Crippen LogP contribution >= 0.6 is 15.9 Å². The third kappa shape index (κ3) is 3.05. The van der Waals surface area contributed by atoms with Gasteiger partial charge in [-0.05, 0) is 24.1 Å². The maximum absolute atomic E-state index is 12.4. The van der Waals surface area contributed by atoms with Crippen LogP contribution in [0.15, 0.2) is 28.7 Å². The molecule has 0 bridgehead atoms. The first-order valence-corrected chi connectivity index (χ1v) is 7.77. The summed E-state index contributed by atoms with van der Waals surface area (Å²) >= 11 is 3.43. The highest BCUT2D eigenvalue weighted by molar-refractivity contribution is 9.10. The molecule has 0 aromatic heterocycles. The fourth-order valence-electron chi connectivity index (χ4n) is 2.72. The van der Waals surface area contributed by atoms with Crippen molar-refractivity contribution in [2.45, 2.75) is 12.5 Å². The molecule has 1 aromatic rings. The first kappa shape index (κ1) is 14.0. The third-order valence-corrected chi connectivity index (χ3v) is 4.43. The van der Waals surface area contributed by atoms with Crippen molar-refractivity contribution in [2.75, 3.05) is 32.9 Å². The zero-order valence-electron chi connectivity index (χ0n) is 11.3. The molecule has 0 spiro atoms. The van der Waals surface area contributed by atoms with E-state index in [2.05, 4.69) is 15.9 Å². The van der Waals surface area contributed by atoms with Crippen molar-refractivity contribution in [3.05, 3.63) is 34.3 Å². The molecule has 3 rings (SSSR count). The Morgan fingerprint density at radius 1 is 1.25 bits per heavy atom. The number of benzene rings is 1. The van der Waals surface area contributed by atoms with Gasteiger partial charge in [0.15, 0.2) is 0 Å². The molecular formula is C15H18BrNO3. The van der Waals surface area contributed by atoms with Crippen LogP contribution in [0.2, 0.25) is 0 Å². The molecule has 2 saturated heterocycles.